The normalized spacial score (nSPS) is 26.3. The first-order chi connectivity index (χ1) is 7.58. The van der Waals surface area contributed by atoms with Gasteiger partial charge in [0, 0.05) is 16.8 Å². The van der Waals surface area contributed by atoms with E-state index in [0.29, 0.717) is 12.0 Å². The standard InChI is InChI=1S/C13H22N2S/c1-8(2)13-15-9(3)12(16-13)10-4-6-11(14)7-5-10/h8,10-11H,4-7,14H2,1-3H3. The Morgan fingerprint density at radius 2 is 1.88 bits per heavy atom. The molecule has 0 amide bonds. The Kier molecular flexibility index (Phi) is 3.65. The van der Waals surface area contributed by atoms with Crippen LogP contribution in [-0.2, 0) is 0 Å². The lowest BCUT2D eigenvalue weighted by Crippen LogP contribution is -2.25. The molecule has 0 unspecified atom stereocenters. The fourth-order valence-corrected chi connectivity index (χ4v) is 3.68. The Morgan fingerprint density at radius 3 is 2.38 bits per heavy atom. The van der Waals surface area contributed by atoms with Crippen molar-refractivity contribution in [3.05, 3.63) is 15.6 Å². The van der Waals surface area contributed by atoms with Gasteiger partial charge in [-0.15, -0.1) is 11.3 Å². The van der Waals surface area contributed by atoms with Crippen molar-refractivity contribution in [2.24, 2.45) is 5.73 Å². The number of thiazole rings is 1. The van der Waals surface area contributed by atoms with Crippen molar-refractivity contribution >= 4 is 11.3 Å². The van der Waals surface area contributed by atoms with Gasteiger partial charge in [0.25, 0.3) is 0 Å². The van der Waals surface area contributed by atoms with E-state index in [-0.39, 0.29) is 0 Å². The zero-order valence-corrected chi connectivity index (χ0v) is 11.3. The summed E-state index contributed by atoms with van der Waals surface area (Å²) in [6, 6.07) is 0.439. The summed E-state index contributed by atoms with van der Waals surface area (Å²) in [6.07, 6.45) is 4.86. The van der Waals surface area contributed by atoms with Crippen LogP contribution in [0.3, 0.4) is 0 Å². The molecule has 0 saturated heterocycles. The van der Waals surface area contributed by atoms with Gasteiger partial charge in [-0.2, -0.15) is 0 Å². The van der Waals surface area contributed by atoms with E-state index in [1.165, 1.54) is 41.3 Å². The molecule has 1 heterocycles. The molecular formula is C13H22N2S. The van der Waals surface area contributed by atoms with Crippen molar-refractivity contribution in [2.45, 2.75) is 64.3 Å². The minimum atomic E-state index is 0.439. The molecule has 2 nitrogen and oxygen atoms in total. The van der Waals surface area contributed by atoms with E-state index in [9.17, 15) is 0 Å². The Balaban J connectivity index is 2.14. The number of aryl methyl sites for hydroxylation is 1. The van der Waals surface area contributed by atoms with Gasteiger partial charge in [-0.1, -0.05) is 13.8 Å². The number of rotatable bonds is 2. The smallest absolute Gasteiger partial charge is 0.0956 e. The highest BCUT2D eigenvalue weighted by Gasteiger charge is 2.24. The second kappa shape index (κ2) is 4.84. The minimum Gasteiger partial charge on any atom is -0.328 e. The van der Waals surface area contributed by atoms with Gasteiger partial charge in [0.2, 0.25) is 0 Å². The molecule has 0 radical (unpaired) electrons. The van der Waals surface area contributed by atoms with Crippen LogP contribution in [0.4, 0.5) is 0 Å². The number of aromatic nitrogens is 1. The summed E-state index contributed by atoms with van der Waals surface area (Å²) < 4.78 is 0. The van der Waals surface area contributed by atoms with Crippen LogP contribution in [-0.4, -0.2) is 11.0 Å². The Morgan fingerprint density at radius 1 is 1.25 bits per heavy atom. The summed E-state index contributed by atoms with van der Waals surface area (Å²) >= 11 is 1.92. The van der Waals surface area contributed by atoms with E-state index in [1.54, 1.807) is 0 Å². The van der Waals surface area contributed by atoms with Gasteiger partial charge in [0.15, 0.2) is 0 Å². The molecule has 90 valence electrons. The van der Waals surface area contributed by atoms with E-state index >= 15 is 0 Å². The molecule has 1 saturated carbocycles. The van der Waals surface area contributed by atoms with Crippen LogP contribution >= 0.6 is 11.3 Å². The maximum Gasteiger partial charge on any atom is 0.0956 e. The van der Waals surface area contributed by atoms with Gasteiger partial charge in [-0.05, 0) is 38.5 Å². The van der Waals surface area contributed by atoms with Crippen LogP contribution in [0.5, 0.6) is 0 Å². The van der Waals surface area contributed by atoms with Crippen LogP contribution < -0.4 is 5.73 Å². The molecule has 2 rings (SSSR count). The monoisotopic (exact) mass is 238 g/mol. The molecule has 1 aliphatic carbocycles. The van der Waals surface area contributed by atoms with E-state index in [2.05, 4.69) is 20.8 Å². The number of nitrogens with zero attached hydrogens (tertiary/aromatic N) is 1. The van der Waals surface area contributed by atoms with Crippen molar-refractivity contribution in [1.82, 2.24) is 4.98 Å². The summed E-state index contributed by atoms with van der Waals surface area (Å²) in [5, 5.41) is 1.29. The lowest BCUT2D eigenvalue weighted by atomic mass is 9.85. The van der Waals surface area contributed by atoms with Crippen molar-refractivity contribution in [1.29, 1.82) is 0 Å². The lowest BCUT2D eigenvalue weighted by Gasteiger charge is -2.25. The Bertz CT molecular complexity index is 349. The predicted octanol–water partition coefficient (Wildman–Crippen LogP) is 3.56. The Labute approximate surface area is 102 Å². The molecule has 1 aromatic heterocycles. The third-order valence-corrected chi connectivity index (χ3v) is 5.11. The fraction of sp³-hybridized carbons (Fsp3) is 0.769. The zero-order chi connectivity index (χ0) is 11.7. The predicted molar refractivity (Wildman–Crippen MR) is 70.1 cm³/mol. The van der Waals surface area contributed by atoms with Crippen LogP contribution in [0.1, 0.15) is 66.9 Å². The molecule has 3 heteroatoms. The summed E-state index contributed by atoms with van der Waals surface area (Å²) in [6.45, 7) is 6.60. The van der Waals surface area contributed by atoms with E-state index in [1.807, 2.05) is 11.3 Å². The average molecular weight is 238 g/mol. The number of hydrogen-bond acceptors (Lipinski definition) is 3. The van der Waals surface area contributed by atoms with E-state index < -0.39 is 0 Å². The zero-order valence-electron chi connectivity index (χ0n) is 10.5. The van der Waals surface area contributed by atoms with Crippen LogP contribution in [0.25, 0.3) is 0 Å². The molecule has 0 aromatic carbocycles. The van der Waals surface area contributed by atoms with Gasteiger partial charge in [-0.25, -0.2) is 4.98 Å². The van der Waals surface area contributed by atoms with Crippen LogP contribution in [0.15, 0.2) is 0 Å². The van der Waals surface area contributed by atoms with Gasteiger partial charge < -0.3 is 5.73 Å². The third-order valence-electron chi connectivity index (χ3n) is 3.49. The van der Waals surface area contributed by atoms with Crippen LogP contribution in [0.2, 0.25) is 0 Å². The molecule has 1 fully saturated rings. The highest BCUT2D eigenvalue weighted by molar-refractivity contribution is 7.11. The quantitative estimate of drug-likeness (QED) is 0.855. The molecule has 0 aliphatic heterocycles. The van der Waals surface area contributed by atoms with Gasteiger partial charge >= 0.3 is 0 Å². The van der Waals surface area contributed by atoms with Crippen molar-refractivity contribution in [3.63, 3.8) is 0 Å². The summed E-state index contributed by atoms with van der Waals surface area (Å²) in [7, 11) is 0. The number of hydrogen-bond donors (Lipinski definition) is 1. The molecule has 0 bridgehead atoms. The molecule has 1 aliphatic rings. The first kappa shape index (κ1) is 12.1. The molecular weight excluding hydrogens is 216 g/mol. The Hall–Kier alpha value is -0.410. The van der Waals surface area contributed by atoms with Crippen molar-refractivity contribution in [2.75, 3.05) is 0 Å². The number of nitrogens with two attached hydrogens (primary N) is 1. The summed E-state index contributed by atoms with van der Waals surface area (Å²) in [4.78, 5) is 6.22. The van der Waals surface area contributed by atoms with Gasteiger partial charge in [0.1, 0.15) is 0 Å². The maximum atomic E-state index is 5.95. The SMILES string of the molecule is Cc1nc(C(C)C)sc1C1CCC(N)CC1. The van der Waals surface area contributed by atoms with Crippen molar-refractivity contribution in [3.8, 4) is 0 Å². The molecule has 1 aromatic rings. The van der Waals surface area contributed by atoms with E-state index in [4.69, 9.17) is 10.7 Å². The largest absolute Gasteiger partial charge is 0.328 e. The van der Waals surface area contributed by atoms with Crippen molar-refractivity contribution < 1.29 is 0 Å². The topological polar surface area (TPSA) is 38.9 Å². The second-order valence-corrected chi connectivity index (χ2v) is 6.33. The van der Waals surface area contributed by atoms with Gasteiger partial charge in [-0.3, -0.25) is 0 Å². The summed E-state index contributed by atoms with van der Waals surface area (Å²) in [5.41, 5.74) is 7.21. The van der Waals surface area contributed by atoms with Crippen LogP contribution in [0, 0.1) is 6.92 Å². The average Bonchev–Trinajstić information content (AvgIpc) is 2.62. The first-order valence-electron chi connectivity index (χ1n) is 6.30. The lowest BCUT2D eigenvalue weighted by molar-refractivity contribution is 0.398. The highest BCUT2D eigenvalue weighted by atomic mass is 32.1. The van der Waals surface area contributed by atoms with E-state index in [0.717, 1.165) is 5.92 Å². The molecule has 2 N–H and O–H groups in total. The minimum absolute atomic E-state index is 0.439. The third kappa shape index (κ3) is 2.46. The highest BCUT2D eigenvalue weighted by Crippen LogP contribution is 2.38. The molecule has 16 heavy (non-hydrogen) atoms. The first-order valence-corrected chi connectivity index (χ1v) is 7.12. The fourth-order valence-electron chi connectivity index (χ4n) is 2.44. The molecule has 0 atom stereocenters. The second-order valence-electron chi connectivity index (χ2n) is 5.27. The maximum absolute atomic E-state index is 5.95. The molecule has 0 spiro atoms. The summed E-state index contributed by atoms with van der Waals surface area (Å²) in [5.74, 6) is 1.29. The van der Waals surface area contributed by atoms with Gasteiger partial charge in [0.05, 0.1) is 10.7 Å².